The van der Waals surface area contributed by atoms with Crippen LogP contribution in [0, 0.1) is 6.92 Å². The molecule has 1 aromatic rings. The van der Waals surface area contributed by atoms with Crippen LogP contribution in [-0.2, 0) is 11.7 Å². The number of aryl methyl sites for hydroxylation is 1. The highest BCUT2D eigenvalue weighted by Gasteiger charge is 1.95. The zero-order valence-corrected chi connectivity index (χ0v) is 4.55. The van der Waals surface area contributed by atoms with Crippen LogP contribution in [0.2, 0.25) is 0 Å². The van der Waals surface area contributed by atoms with Crippen LogP contribution < -0.4 is 0 Å². The van der Waals surface area contributed by atoms with Crippen LogP contribution >= 0.6 is 0 Å². The third-order valence-corrected chi connectivity index (χ3v) is 0.819. The number of rotatable bonds is 1. The average molecular weight is 112 g/mol. The SMILES string of the molecule is Cc1cc(C[O])on1. The van der Waals surface area contributed by atoms with Gasteiger partial charge in [-0.25, -0.2) is 5.11 Å². The fourth-order valence-electron chi connectivity index (χ4n) is 0.484. The summed E-state index contributed by atoms with van der Waals surface area (Å²) in [5.41, 5.74) is 0.760. The van der Waals surface area contributed by atoms with Crippen molar-refractivity contribution in [1.29, 1.82) is 0 Å². The highest BCUT2D eigenvalue weighted by molar-refractivity contribution is 5.01. The summed E-state index contributed by atoms with van der Waals surface area (Å²) in [6.07, 6.45) is 0. The van der Waals surface area contributed by atoms with Crippen molar-refractivity contribution in [3.05, 3.63) is 17.5 Å². The van der Waals surface area contributed by atoms with E-state index in [2.05, 4.69) is 9.68 Å². The van der Waals surface area contributed by atoms with Gasteiger partial charge in [0.25, 0.3) is 0 Å². The Labute approximate surface area is 46.9 Å². The van der Waals surface area contributed by atoms with E-state index >= 15 is 0 Å². The van der Waals surface area contributed by atoms with Gasteiger partial charge in [0.15, 0.2) is 5.76 Å². The van der Waals surface area contributed by atoms with E-state index in [0.29, 0.717) is 5.76 Å². The van der Waals surface area contributed by atoms with Crippen molar-refractivity contribution in [2.45, 2.75) is 13.5 Å². The molecule has 1 rings (SSSR count). The van der Waals surface area contributed by atoms with E-state index in [4.69, 9.17) is 0 Å². The largest absolute Gasteiger partial charge is 0.359 e. The van der Waals surface area contributed by atoms with Crippen LogP contribution in [0.5, 0.6) is 0 Å². The Morgan fingerprint density at radius 3 is 2.88 bits per heavy atom. The molecule has 0 saturated carbocycles. The molecule has 3 nitrogen and oxygen atoms in total. The second kappa shape index (κ2) is 1.96. The third-order valence-electron chi connectivity index (χ3n) is 0.819. The van der Waals surface area contributed by atoms with Gasteiger partial charge in [-0.3, -0.25) is 0 Å². The Kier molecular flexibility index (Phi) is 1.30. The van der Waals surface area contributed by atoms with Crippen molar-refractivity contribution in [2.24, 2.45) is 0 Å². The second-order valence-electron chi connectivity index (χ2n) is 1.58. The molecule has 1 heterocycles. The highest BCUT2D eigenvalue weighted by Crippen LogP contribution is 2.00. The lowest BCUT2D eigenvalue weighted by atomic mass is 10.4. The fourth-order valence-corrected chi connectivity index (χ4v) is 0.484. The van der Waals surface area contributed by atoms with Gasteiger partial charge in [0.05, 0.1) is 5.69 Å². The Hall–Kier alpha value is -0.830. The van der Waals surface area contributed by atoms with Crippen molar-refractivity contribution >= 4 is 0 Å². The Bertz CT molecular complexity index is 171. The number of nitrogens with zero attached hydrogens (tertiary/aromatic N) is 1. The first-order chi connectivity index (χ1) is 3.83. The molecule has 0 unspecified atom stereocenters. The van der Waals surface area contributed by atoms with E-state index in [-0.39, 0.29) is 6.61 Å². The summed E-state index contributed by atoms with van der Waals surface area (Å²) >= 11 is 0. The number of aromatic nitrogens is 1. The first-order valence-electron chi connectivity index (χ1n) is 2.33. The topological polar surface area (TPSA) is 45.9 Å². The standard InChI is InChI=1S/C5H6NO2/c1-4-2-5(3-7)8-6-4/h2H,3H2,1H3. The molecule has 0 aliphatic rings. The van der Waals surface area contributed by atoms with Gasteiger partial charge in [-0.2, -0.15) is 0 Å². The molecule has 0 aliphatic carbocycles. The molecule has 0 N–H and O–H groups in total. The molecule has 3 heteroatoms. The van der Waals surface area contributed by atoms with Crippen molar-refractivity contribution in [2.75, 3.05) is 0 Å². The second-order valence-corrected chi connectivity index (χ2v) is 1.58. The lowest BCUT2D eigenvalue weighted by Crippen LogP contribution is -1.70. The summed E-state index contributed by atoms with van der Waals surface area (Å²) < 4.78 is 4.55. The Balaban J connectivity index is 2.84. The van der Waals surface area contributed by atoms with Crippen LogP contribution in [0.3, 0.4) is 0 Å². The summed E-state index contributed by atoms with van der Waals surface area (Å²) in [5, 5.41) is 13.5. The first kappa shape index (κ1) is 5.31. The quantitative estimate of drug-likeness (QED) is 0.542. The molecule has 0 bridgehead atoms. The van der Waals surface area contributed by atoms with Crippen molar-refractivity contribution < 1.29 is 9.63 Å². The maximum Gasteiger partial charge on any atom is 0.165 e. The summed E-state index contributed by atoms with van der Waals surface area (Å²) in [4.78, 5) is 0. The van der Waals surface area contributed by atoms with Gasteiger partial charge >= 0.3 is 0 Å². The molecular weight excluding hydrogens is 106 g/mol. The van der Waals surface area contributed by atoms with E-state index in [9.17, 15) is 5.11 Å². The monoisotopic (exact) mass is 112 g/mol. The molecule has 0 amide bonds. The molecule has 0 spiro atoms. The van der Waals surface area contributed by atoms with Crippen LogP contribution in [0.25, 0.3) is 0 Å². The Morgan fingerprint density at radius 1 is 1.88 bits per heavy atom. The van der Waals surface area contributed by atoms with Crippen LogP contribution in [0.15, 0.2) is 10.6 Å². The lowest BCUT2D eigenvalue weighted by molar-refractivity contribution is 0.147. The molecule has 1 radical (unpaired) electrons. The fraction of sp³-hybridized carbons (Fsp3) is 0.400. The van der Waals surface area contributed by atoms with E-state index in [1.165, 1.54) is 0 Å². The van der Waals surface area contributed by atoms with Crippen molar-refractivity contribution in [3.8, 4) is 0 Å². The molecule has 0 saturated heterocycles. The van der Waals surface area contributed by atoms with Gasteiger partial charge in [-0.15, -0.1) is 0 Å². The minimum atomic E-state index is -0.319. The molecule has 0 atom stereocenters. The van der Waals surface area contributed by atoms with E-state index in [1.807, 2.05) is 0 Å². The Morgan fingerprint density at radius 2 is 2.62 bits per heavy atom. The summed E-state index contributed by atoms with van der Waals surface area (Å²) in [6.45, 7) is 1.46. The van der Waals surface area contributed by atoms with E-state index in [1.54, 1.807) is 13.0 Å². The molecule has 8 heavy (non-hydrogen) atoms. The highest BCUT2D eigenvalue weighted by atomic mass is 16.5. The molecule has 43 valence electrons. The first-order valence-corrected chi connectivity index (χ1v) is 2.33. The summed E-state index contributed by atoms with van der Waals surface area (Å²) in [5.74, 6) is 0.405. The minimum absolute atomic E-state index is 0.319. The predicted molar refractivity (Wildman–Crippen MR) is 25.6 cm³/mol. The molecule has 0 aliphatic heterocycles. The van der Waals surface area contributed by atoms with Gasteiger partial charge < -0.3 is 4.52 Å². The van der Waals surface area contributed by atoms with Gasteiger partial charge in [0, 0.05) is 6.07 Å². The van der Waals surface area contributed by atoms with Crippen LogP contribution in [0.4, 0.5) is 0 Å². The van der Waals surface area contributed by atoms with E-state index in [0.717, 1.165) is 5.69 Å². The molecule has 0 aromatic carbocycles. The zero-order valence-electron chi connectivity index (χ0n) is 4.55. The van der Waals surface area contributed by atoms with Gasteiger partial charge in [0.2, 0.25) is 0 Å². The predicted octanol–water partition coefficient (Wildman–Crippen LogP) is 0.914. The van der Waals surface area contributed by atoms with Crippen molar-refractivity contribution in [3.63, 3.8) is 0 Å². The van der Waals surface area contributed by atoms with E-state index < -0.39 is 0 Å². The zero-order chi connectivity index (χ0) is 5.98. The smallest absolute Gasteiger partial charge is 0.165 e. The van der Waals surface area contributed by atoms with Crippen molar-refractivity contribution in [1.82, 2.24) is 5.16 Å². The number of hydrogen-bond donors (Lipinski definition) is 0. The van der Waals surface area contributed by atoms with Gasteiger partial charge in [-0.05, 0) is 6.92 Å². The summed E-state index contributed by atoms with van der Waals surface area (Å²) in [7, 11) is 0. The summed E-state index contributed by atoms with van der Waals surface area (Å²) in [6, 6.07) is 1.63. The number of hydrogen-bond acceptors (Lipinski definition) is 2. The minimum Gasteiger partial charge on any atom is -0.359 e. The molecule has 0 fully saturated rings. The average Bonchev–Trinajstić information content (AvgIpc) is 2.14. The third kappa shape index (κ3) is 0.869. The lowest BCUT2D eigenvalue weighted by Gasteiger charge is -1.73. The molecular formula is C5H6NO2. The van der Waals surface area contributed by atoms with Crippen LogP contribution in [-0.4, -0.2) is 5.16 Å². The van der Waals surface area contributed by atoms with Gasteiger partial charge in [-0.1, -0.05) is 5.16 Å². The maximum atomic E-state index is 10.0. The maximum absolute atomic E-state index is 10.0. The van der Waals surface area contributed by atoms with Crippen LogP contribution in [0.1, 0.15) is 11.5 Å². The molecule has 1 aromatic heterocycles. The van der Waals surface area contributed by atoms with Gasteiger partial charge in [0.1, 0.15) is 6.61 Å². The normalized spacial score (nSPS) is 9.75.